The summed E-state index contributed by atoms with van der Waals surface area (Å²) >= 11 is -1.37. The van der Waals surface area contributed by atoms with Gasteiger partial charge in [-0.2, -0.15) is 0 Å². The lowest BCUT2D eigenvalue weighted by Gasteiger charge is -2.41. The Morgan fingerprint density at radius 3 is 2.41 bits per heavy atom. The quantitative estimate of drug-likeness (QED) is 0.216. The lowest BCUT2D eigenvalue weighted by molar-refractivity contribution is -0.0107. The number of amides is 1. The van der Waals surface area contributed by atoms with Crippen LogP contribution >= 0.6 is 0 Å². The van der Waals surface area contributed by atoms with E-state index in [1.54, 1.807) is 56.2 Å². The Kier molecular flexibility index (Phi) is 12.3. The summed E-state index contributed by atoms with van der Waals surface area (Å²) in [4.78, 5) is 31.7. The van der Waals surface area contributed by atoms with E-state index in [-0.39, 0.29) is 24.6 Å². The molecule has 1 aromatic heterocycles. The van der Waals surface area contributed by atoms with E-state index in [0.29, 0.717) is 54.6 Å². The Labute approximate surface area is 273 Å². The van der Waals surface area contributed by atoms with E-state index in [2.05, 4.69) is 10.3 Å². The van der Waals surface area contributed by atoms with Crippen LogP contribution in [0.3, 0.4) is 0 Å². The fourth-order valence-electron chi connectivity index (χ4n) is 5.21. The summed E-state index contributed by atoms with van der Waals surface area (Å²) in [6.45, 7) is 6.98. The molecule has 3 atom stereocenters. The van der Waals surface area contributed by atoms with E-state index < -0.39 is 41.0 Å². The summed E-state index contributed by atoms with van der Waals surface area (Å²) in [5, 5.41) is 24.0. The molecule has 12 heteroatoms. The molecule has 11 nitrogen and oxygen atoms in total. The molecule has 2 heterocycles. The smallest absolute Gasteiger partial charge is 0.411 e. The van der Waals surface area contributed by atoms with Gasteiger partial charge in [-0.3, -0.25) is 9.88 Å². The van der Waals surface area contributed by atoms with Crippen LogP contribution in [-0.4, -0.2) is 80.4 Å². The minimum absolute atomic E-state index is 0.0115. The second-order valence-electron chi connectivity index (χ2n) is 12.2. The van der Waals surface area contributed by atoms with Gasteiger partial charge in [0, 0.05) is 24.7 Å². The molecule has 1 aliphatic rings. The highest BCUT2D eigenvalue weighted by atomic mass is 32.2. The van der Waals surface area contributed by atoms with Crippen molar-refractivity contribution in [1.82, 2.24) is 15.2 Å². The Balaban J connectivity index is 1.54. The number of aromatic nitrogens is 1. The molecular weight excluding hydrogens is 610 g/mol. The first-order chi connectivity index (χ1) is 21.9. The third-order valence-electron chi connectivity index (χ3n) is 7.42. The lowest BCUT2D eigenvalue weighted by atomic mass is 9.97. The van der Waals surface area contributed by atoms with Crippen molar-refractivity contribution in [3.05, 3.63) is 83.7 Å². The van der Waals surface area contributed by atoms with E-state index in [4.69, 9.17) is 14.2 Å². The highest BCUT2D eigenvalue weighted by molar-refractivity contribution is 7.90. The molecule has 0 spiro atoms. The van der Waals surface area contributed by atoms with Crippen LogP contribution in [0.15, 0.2) is 71.8 Å². The number of carboxylic acids is 1. The van der Waals surface area contributed by atoms with Crippen LogP contribution in [0.5, 0.6) is 11.5 Å². The molecule has 248 valence electrons. The molecule has 3 aromatic rings. The fraction of sp³-hybridized carbons (Fsp3) is 0.441. The molecule has 1 amide bonds. The van der Waals surface area contributed by atoms with E-state index in [0.717, 1.165) is 5.56 Å². The summed E-state index contributed by atoms with van der Waals surface area (Å²) in [6, 6.07) is 16.7. The Hall–Kier alpha value is -3.84. The first-order valence-electron chi connectivity index (χ1n) is 15.3. The number of nitrogens with one attached hydrogen (secondary N) is 1. The zero-order valence-electron chi connectivity index (χ0n) is 26.7. The number of rotatable bonds is 13. The molecule has 0 bridgehead atoms. The number of piperidine rings is 1. The second kappa shape index (κ2) is 16.1. The van der Waals surface area contributed by atoms with Gasteiger partial charge in [-0.25, -0.2) is 9.59 Å². The fourth-order valence-corrected chi connectivity index (χ4v) is 5.90. The average molecular weight is 654 g/mol. The number of hydrogen-bond donors (Lipinski definition) is 3. The van der Waals surface area contributed by atoms with Gasteiger partial charge in [0.25, 0.3) is 0 Å². The molecule has 1 saturated heterocycles. The number of pyridine rings is 1. The van der Waals surface area contributed by atoms with E-state index >= 15 is 0 Å². The molecular formula is C34H43N3O8S. The van der Waals surface area contributed by atoms with Gasteiger partial charge >= 0.3 is 12.1 Å². The summed E-state index contributed by atoms with van der Waals surface area (Å²) in [7, 11) is 0. The number of carbonyl (C=O) groups is 2. The number of aliphatic hydroxyl groups excluding tert-OH is 1. The van der Waals surface area contributed by atoms with Gasteiger partial charge < -0.3 is 34.3 Å². The Bertz CT molecular complexity index is 1430. The maximum Gasteiger partial charge on any atom is 0.411 e. The van der Waals surface area contributed by atoms with Crippen molar-refractivity contribution in [2.45, 2.75) is 75.3 Å². The molecule has 0 saturated carbocycles. The molecule has 2 aromatic carbocycles. The molecule has 3 unspecified atom stereocenters. The number of aromatic carboxylic acids is 1. The van der Waals surface area contributed by atoms with E-state index in [9.17, 15) is 24.4 Å². The van der Waals surface area contributed by atoms with Gasteiger partial charge in [-0.05, 0) is 87.7 Å². The van der Waals surface area contributed by atoms with Gasteiger partial charge in [0.05, 0.1) is 23.4 Å². The SMILES string of the molecule is C[S+]([O-])c1cc(OCC(O)CC(c2ccc(C(=O)O)cn2)N(C(=O)OC(C)(C)C)C2CCNCC2)ccc1OCc1ccccc1. The average Bonchev–Trinajstić information content (AvgIpc) is 3.03. The number of ether oxygens (including phenoxy) is 3. The van der Waals surface area contributed by atoms with Crippen LogP contribution in [0.2, 0.25) is 0 Å². The van der Waals surface area contributed by atoms with Gasteiger partial charge in [-0.1, -0.05) is 30.3 Å². The van der Waals surface area contributed by atoms with Gasteiger partial charge in [0.2, 0.25) is 0 Å². The number of carbonyl (C=O) groups excluding carboxylic acids is 1. The van der Waals surface area contributed by atoms with Gasteiger partial charge in [0.15, 0.2) is 10.6 Å². The third kappa shape index (κ3) is 10.1. The van der Waals surface area contributed by atoms with Crippen LogP contribution in [0.1, 0.15) is 67.7 Å². The standard InChI is InChI=1S/C34H43N3O8S/c1-34(2,3)45-33(41)37(25-14-16-35-17-15-25)29(28-12-10-24(20-36-28)32(39)40)18-26(38)22-43-27-11-13-30(31(19-27)46(4)42)44-21-23-8-6-5-7-9-23/h5-13,19-20,25-26,29,35,38H,14-18,21-22H2,1-4H3,(H,39,40). The van der Waals surface area contributed by atoms with Crippen molar-refractivity contribution in [1.29, 1.82) is 0 Å². The van der Waals surface area contributed by atoms with Crippen LogP contribution in [0.4, 0.5) is 4.79 Å². The zero-order valence-corrected chi connectivity index (χ0v) is 27.5. The Morgan fingerprint density at radius 1 is 1.09 bits per heavy atom. The lowest BCUT2D eigenvalue weighted by Crippen LogP contribution is -2.50. The first kappa shape index (κ1) is 35.0. The first-order valence-corrected chi connectivity index (χ1v) is 16.8. The minimum Gasteiger partial charge on any atom is -0.612 e. The summed E-state index contributed by atoms with van der Waals surface area (Å²) in [6.07, 6.45) is 2.61. The topological polar surface area (TPSA) is 154 Å². The predicted molar refractivity (Wildman–Crippen MR) is 174 cm³/mol. The van der Waals surface area contributed by atoms with Crippen LogP contribution in [-0.2, 0) is 22.5 Å². The molecule has 3 N–H and O–H groups in total. The van der Waals surface area contributed by atoms with E-state index in [1.807, 2.05) is 30.3 Å². The van der Waals surface area contributed by atoms with Gasteiger partial charge in [-0.15, -0.1) is 0 Å². The Morgan fingerprint density at radius 2 is 1.80 bits per heavy atom. The predicted octanol–water partition coefficient (Wildman–Crippen LogP) is 4.96. The number of benzene rings is 2. The second-order valence-corrected chi connectivity index (χ2v) is 13.5. The monoisotopic (exact) mass is 653 g/mol. The normalized spacial score (nSPS) is 15.8. The maximum atomic E-state index is 13.7. The number of carboxylic acid groups (broad SMARTS) is 1. The van der Waals surface area contributed by atoms with Crippen molar-refractivity contribution in [3.63, 3.8) is 0 Å². The van der Waals surface area contributed by atoms with Crippen LogP contribution < -0.4 is 14.8 Å². The third-order valence-corrected chi connectivity index (χ3v) is 8.36. The molecule has 4 rings (SSSR count). The molecule has 1 fully saturated rings. The minimum atomic E-state index is -1.37. The molecule has 1 aliphatic heterocycles. The van der Waals surface area contributed by atoms with Crippen molar-refractivity contribution in [2.75, 3.05) is 26.0 Å². The van der Waals surface area contributed by atoms with Crippen LogP contribution in [0.25, 0.3) is 0 Å². The molecule has 46 heavy (non-hydrogen) atoms. The van der Waals surface area contributed by atoms with Crippen molar-refractivity contribution >= 4 is 23.2 Å². The zero-order chi connectivity index (χ0) is 33.3. The highest BCUT2D eigenvalue weighted by Gasteiger charge is 2.37. The van der Waals surface area contributed by atoms with Crippen molar-refractivity contribution in [2.24, 2.45) is 0 Å². The van der Waals surface area contributed by atoms with Crippen molar-refractivity contribution < 1.29 is 38.6 Å². The van der Waals surface area contributed by atoms with Gasteiger partial charge in [0.1, 0.15) is 30.8 Å². The number of aliphatic hydroxyl groups is 1. The largest absolute Gasteiger partial charge is 0.612 e. The van der Waals surface area contributed by atoms with E-state index in [1.165, 1.54) is 12.3 Å². The molecule has 0 radical (unpaired) electrons. The summed E-state index contributed by atoms with van der Waals surface area (Å²) in [5.74, 6) is -0.238. The number of nitrogens with zero attached hydrogens (tertiary/aromatic N) is 2. The highest BCUT2D eigenvalue weighted by Crippen LogP contribution is 2.33. The van der Waals surface area contributed by atoms with Crippen LogP contribution in [0, 0.1) is 0 Å². The van der Waals surface area contributed by atoms with Crippen molar-refractivity contribution in [3.8, 4) is 11.5 Å². The summed E-state index contributed by atoms with van der Waals surface area (Å²) in [5.41, 5.74) is 0.656. The maximum absolute atomic E-state index is 13.7. The number of hydrogen-bond acceptors (Lipinski definition) is 9. The molecule has 0 aliphatic carbocycles. The summed E-state index contributed by atoms with van der Waals surface area (Å²) < 4.78 is 30.2.